The van der Waals surface area contributed by atoms with Crippen LogP contribution in [0.25, 0.3) is 0 Å². The first-order valence-corrected chi connectivity index (χ1v) is 4.64. The van der Waals surface area contributed by atoms with E-state index in [0.29, 0.717) is 0 Å². The normalized spacial score (nSPS) is 17.8. The molecule has 14 heavy (non-hydrogen) atoms. The fourth-order valence-corrected chi connectivity index (χ4v) is 1.75. The van der Waals surface area contributed by atoms with Gasteiger partial charge in [-0.2, -0.15) is 0 Å². The maximum atomic E-state index is 3.81. The first kappa shape index (κ1) is 9.03. The van der Waals surface area contributed by atoms with E-state index in [9.17, 15) is 0 Å². The van der Waals surface area contributed by atoms with Crippen LogP contribution in [-0.2, 0) is 0 Å². The number of hydrogen-bond acceptors (Lipinski definition) is 2. The number of fused-ring (bicyclic) bond motifs is 1. The summed E-state index contributed by atoms with van der Waals surface area (Å²) in [6.07, 6.45) is 12.4. The van der Waals surface area contributed by atoms with E-state index >= 15 is 0 Å². The third kappa shape index (κ3) is 1.24. The van der Waals surface area contributed by atoms with Gasteiger partial charge in [-0.15, -0.1) is 0 Å². The summed E-state index contributed by atoms with van der Waals surface area (Å²) in [6.45, 7) is 3.81. The molecular formula is C12H14N2. The Hall–Kier alpha value is -1.54. The molecule has 0 spiro atoms. The third-order valence-electron chi connectivity index (χ3n) is 2.40. The molecule has 0 heterocycles. The molecule has 2 heteroatoms. The number of hydrazine groups is 1. The second-order valence-corrected chi connectivity index (χ2v) is 3.49. The summed E-state index contributed by atoms with van der Waals surface area (Å²) in [5.41, 5.74) is 3.75. The Labute approximate surface area is 84.8 Å². The van der Waals surface area contributed by atoms with Gasteiger partial charge < -0.3 is 0 Å². The zero-order valence-corrected chi connectivity index (χ0v) is 8.57. The van der Waals surface area contributed by atoms with E-state index in [-0.39, 0.29) is 0 Å². The van der Waals surface area contributed by atoms with Gasteiger partial charge >= 0.3 is 0 Å². The quantitative estimate of drug-likeness (QED) is 0.624. The maximum absolute atomic E-state index is 3.81. The van der Waals surface area contributed by atoms with Crippen LogP contribution >= 0.6 is 0 Å². The van der Waals surface area contributed by atoms with Crippen LogP contribution in [0.5, 0.6) is 0 Å². The van der Waals surface area contributed by atoms with Crippen LogP contribution < -0.4 is 0 Å². The van der Waals surface area contributed by atoms with E-state index in [0.717, 1.165) is 0 Å². The van der Waals surface area contributed by atoms with Crippen LogP contribution in [0.1, 0.15) is 0 Å². The van der Waals surface area contributed by atoms with E-state index in [1.54, 1.807) is 0 Å². The minimum absolute atomic E-state index is 1.19. The highest BCUT2D eigenvalue weighted by Crippen LogP contribution is 2.31. The van der Waals surface area contributed by atoms with Crippen molar-refractivity contribution in [1.29, 1.82) is 0 Å². The van der Waals surface area contributed by atoms with Crippen molar-refractivity contribution in [3.8, 4) is 0 Å². The SMILES string of the molecule is C=CN(C1=C2C=CC=C2C=C1)N(C)C. The van der Waals surface area contributed by atoms with E-state index in [1.165, 1.54) is 16.8 Å². The lowest BCUT2D eigenvalue weighted by Gasteiger charge is -2.28. The zero-order chi connectivity index (χ0) is 10.1. The lowest BCUT2D eigenvalue weighted by atomic mass is 10.2. The van der Waals surface area contributed by atoms with Gasteiger partial charge in [-0.05, 0) is 11.6 Å². The summed E-state index contributed by atoms with van der Waals surface area (Å²) in [4.78, 5) is 0. The molecular weight excluding hydrogens is 172 g/mol. The molecule has 0 aromatic heterocycles. The smallest absolute Gasteiger partial charge is 0.0651 e. The van der Waals surface area contributed by atoms with Gasteiger partial charge in [0.15, 0.2) is 0 Å². The Kier molecular flexibility index (Phi) is 2.14. The van der Waals surface area contributed by atoms with Crippen molar-refractivity contribution in [1.82, 2.24) is 10.0 Å². The van der Waals surface area contributed by atoms with Gasteiger partial charge in [0.05, 0.1) is 5.70 Å². The van der Waals surface area contributed by atoms with Gasteiger partial charge in [-0.1, -0.05) is 30.9 Å². The van der Waals surface area contributed by atoms with Crippen LogP contribution in [0.3, 0.4) is 0 Å². The monoisotopic (exact) mass is 186 g/mol. The standard InChI is InChI=1S/C12H14N2/c1-4-14(13(2)3)12-9-8-10-6-5-7-11(10)12/h4-9H,1H2,2-3H3. The number of allylic oxidation sites excluding steroid dienone is 7. The van der Waals surface area contributed by atoms with Gasteiger partial charge in [0.1, 0.15) is 0 Å². The average molecular weight is 186 g/mol. The van der Waals surface area contributed by atoms with E-state index in [1.807, 2.05) is 30.3 Å². The van der Waals surface area contributed by atoms with E-state index in [2.05, 4.69) is 37.0 Å². The summed E-state index contributed by atoms with van der Waals surface area (Å²) in [6, 6.07) is 0. The molecule has 0 bridgehead atoms. The van der Waals surface area contributed by atoms with Crippen LogP contribution in [0.2, 0.25) is 0 Å². The largest absolute Gasteiger partial charge is 0.282 e. The van der Waals surface area contributed by atoms with Gasteiger partial charge in [0, 0.05) is 25.9 Å². The second kappa shape index (κ2) is 3.31. The molecule has 72 valence electrons. The molecule has 0 aliphatic heterocycles. The fraction of sp³-hybridized carbons (Fsp3) is 0.167. The predicted octanol–water partition coefficient (Wildman–Crippen LogP) is 2.23. The van der Waals surface area contributed by atoms with Crippen molar-refractivity contribution >= 4 is 0 Å². The van der Waals surface area contributed by atoms with E-state index in [4.69, 9.17) is 0 Å². The molecule has 0 atom stereocenters. The summed E-state index contributed by atoms with van der Waals surface area (Å²) in [5.74, 6) is 0. The lowest BCUT2D eigenvalue weighted by Crippen LogP contribution is -2.30. The van der Waals surface area contributed by atoms with E-state index < -0.39 is 0 Å². The van der Waals surface area contributed by atoms with Crippen LogP contribution in [0, 0.1) is 0 Å². The minimum Gasteiger partial charge on any atom is -0.282 e. The molecule has 0 saturated carbocycles. The van der Waals surface area contributed by atoms with Crippen molar-refractivity contribution in [2.45, 2.75) is 0 Å². The lowest BCUT2D eigenvalue weighted by molar-refractivity contribution is 0.131. The third-order valence-corrected chi connectivity index (χ3v) is 2.40. The average Bonchev–Trinajstić information content (AvgIpc) is 2.69. The molecule has 2 aliphatic carbocycles. The topological polar surface area (TPSA) is 6.48 Å². The molecule has 0 unspecified atom stereocenters. The Morgan fingerprint density at radius 2 is 2.00 bits per heavy atom. The van der Waals surface area contributed by atoms with Crippen LogP contribution in [0.4, 0.5) is 0 Å². The molecule has 0 aromatic rings. The predicted molar refractivity (Wildman–Crippen MR) is 59.1 cm³/mol. The van der Waals surface area contributed by atoms with Gasteiger partial charge in [0.2, 0.25) is 0 Å². The van der Waals surface area contributed by atoms with Gasteiger partial charge in [-0.3, -0.25) is 5.01 Å². The molecule has 0 aromatic carbocycles. The van der Waals surface area contributed by atoms with Crippen molar-refractivity contribution in [3.05, 3.63) is 60.0 Å². The van der Waals surface area contributed by atoms with Gasteiger partial charge in [-0.25, -0.2) is 5.01 Å². The van der Waals surface area contributed by atoms with Crippen molar-refractivity contribution in [2.24, 2.45) is 0 Å². The molecule has 0 amide bonds. The Morgan fingerprint density at radius 1 is 1.21 bits per heavy atom. The molecule has 2 rings (SSSR count). The Bertz CT molecular complexity index is 381. The Morgan fingerprint density at radius 3 is 2.64 bits per heavy atom. The number of rotatable bonds is 3. The van der Waals surface area contributed by atoms with Crippen molar-refractivity contribution in [2.75, 3.05) is 14.1 Å². The van der Waals surface area contributed by atoms with Crippen LogP contribution in [0.15, 0.2) is 60.0 Å². The summed E-state index contributed by atoms with van der Waals surface area (Å²) >= 11 is 0. The second-order valence-electron chi connectivity index (χ2n) is 3.49. The molecule has 2 nitrogen and oxygen atoms in total. The highest BCUT2D eigenvalue weighted by Gasteiger charge is 2.19. The maximum Gasteiger partial charge on any atom is 0.0651 e. The van der Waals surface area contributed by atoms with Gasteiger partial charge in [0.25, 0.3) is 0 Å². The number of nitrogens with zero attached hydrogens (tertiary/aromatic N) is 2. The zero-order valence-electron chi connectivity index (χ0n) is 8.57. The summed E-state index contributed by atoms with van der Waals surface area (Å²) in [5, 5.41) is 4.04. The minimum atomic E-state index is 1.19. The first-order valence-electron chi connectivity index (χ1n) is 4.64. The highest BCUT2D eigenvalue weighted by molar-refractivity contribution is 5.62. The first-order chi connectivity index (χ1) is 6.74. The fourth-order valence-electron chi connectivity index (χ4n) is 1.75. The summed E-state index contributed by atoms with van der Waals surface area (Å²) in [7, 11) is 4.01. The Balaban J connectivity index is 2.39. The molecule has 0 fully saturated rings. The molecule has 0 N–H and O–H groups in total. The highest BCUT2D eigenvalue weighted by atomic mass is 15.6. The van der Waals surface area contributed by atoms with Crippen molar-refractivity contribution < 1.29 is 0 Å². The molecule has 2 aliphatic rings. The summed E-state index contributed by atoms with van der Waals surface area (Å²) < 4.78 is 0. The molecule has 0 saturated heterocycles. The van der Waals surface area contributed by atoms with Crippen LogP contribution in [-0.4, -0.2) is 24.1 Å². The number of hydrogen-bond donors (Lipinski definition) is 0. The molecule has 0 radical (unpaired) electrons. The van der Waals surface area contributed by atoms with Crippen molar-refractivity contribution in [3.63, 3.8) is 0 Å².